The zero-order chi connectivity index (χ0) is 37.8. The molecule has 0 amide bonds. The second-order valence-corrected chi connectivity index (χ2v) is 16.0. The molecule has 53 heavy (non-hydrogen) atoms. The molecule has 0 saturated heterocycles. The van der Waals surface area contributed by atoms with Crippen molar-refractivity contribution >= 4 is 31.9 Å². The highest BCUT2D eigenvalue weighted by atomic mass is 79.9. The van der Waals surface area contributed by atoms with Crippen molar-refractivity contribution in [3.8, 4) is 17.2 Å². The van der Waals surface area contributed by atoms with E-state index in [1.54, 1.807) is 18.2 Å². The number of hydrogen-bond donors (Lipinski definition) is 1. The fourth-order valence-corrected chi connectivity index (χ4v) is 8.25. The lowest BCUT2D eigenvalue weighted by Gasteiger charge is -2.29. The third-order valence-electron chi connectivity index (χ3n) is 10.4. The van der Waals surface area contributed by atoms with Gasteiger partial charge in [-0.1, -0.05) is 26.7 Å². The van der Waals surface area contributed by atoms with E-state index in [1.807, 2.05) is 6.07 Å². The first-order valence-corrected chi connectivity index (χ1v) is 19.8. The van der Waals surface area contributed by atoms with Crippen molar-refractivity contribution < 1.29 is 41.3 Å². The number of rotatable bonds is 9. The second kappa shape index (κ2) is 17.5. The molecule has 3 aliphatic rings. The number of aliphatic hydroxyl groups is 1. The number of halogens is 7. The average molecular weight is 867 g/mol. The van der Waals surface area contributed by atoms with Crippen molar-refractivity contribution in [3.05, 3.63) is 120 Å². The minimum Gasteiger partial charge on any atom is -0.493 e. The first-order chi connectivity index (χ1) is 25.5. The van der Waals surface area contributed by atoms with Crippen LogP contribution in [0.15, 0.2) is 57.5 Å². The van der Waals surface area contributed by atoms with E-state index in [4.69, 9.17) is 14.2 Å². The molecule has 4 atom stereocenters. The Morgan fingerprint density at radius 2 is 1.15 bits per heavy atom. The number of hydrogen-bond acceptors (Lipinski definition) is 4. The Kier molecular flexibility index (Phi) is 13.1. The van der Waals surface area contributed by atoms with E-state index in [0.717, 1.165) is 73.1 Å². The van der Waals surface area contributed by atoms with E-state index in [-0.39, 0.29) is 46.2 Å². The maximum atomic E-state index is 14.8. The van der Waals surface area contributed by atoms with Gasteiger partial charge in [0, 0.05) is 11.8 Å². The SMILES string of the molecule is CCCC1COc2cc(C(CO)Cc3cc(F)c(Br)cc3F)c(F)cc2C1.CCCC1COc2cc(C3COc4cc(Br)c(F)cc4C3)c(F)cc2C1. The van der Waals surface area contributed by atoms with Crippen LogP contribution in [0.3, 0.4) is 0 Å². The van der Waals surface area contributed by atoms with Crippen LogP contribution in [-0.4, -0.2) is 31.5 Å². The summed E-state index contributed by atoms with van der Waals surface area (Å²) >= 11 is 6.11. The Balaban J connectivity index is 0.000000181. The fraction of sp³-hybridized carbons (Fsp3) is 0.429. The zero-order valence-electron chi connectivity index (χ0n) is 29.7. The minimum atomic E-state index is -0.692. The van der Waals surface area contributed by atoms with E-state index in [2.05, 4.69) is 45.7 Å². The third kappa shape index (κ3) is 9.22. The largest absolute Gasteiger partial charge is 0.493 e. The van der Waals surface area contributed by atoms with Crippen LogP contribution < -0.4 is 14.2 Å². The molecule has 0 spiro atoms. The molecular formula is C42H43Br2F5O4. The van der Waals surface area contributed by atoms with Gasteiger partial charge in [-0.3, -0.25) is 0 Å². The van der Waals surface area contributed by atoms with Gasteiger partial charge in [0.15, 0.2) is 0 Å². The predicted molar refractivity (Wildman–Crippen MR) is 202 cm³/mol. The van der Waals surface area contributed by atoms with Crippen LogP contribution in [-0.2, 0) is 25.7 Å². The summed E-state index contributed by atoms with van der Waals surface area (Å²) in [7, 11) is 0. The minimum absolute atomic E-state index is 0.0132. The smallest absolute Gasteiger partial charge is 0.137 e. The molecular weight excluding hydrogens is 823 g/mol. The van der Waals surface area contributed by atoms with Gasteiger partial charge in [-0.15, -0.1) is 0 Å². The number of ether oxygens (including phenoxy) is 3. The average Bonchev–Trinajstić information content (AvgIpc) is 3.13. The lowest BCUT2D eigenvalue weighted by Crippen LogP contribution is -2.23. The Hall–Kier alpha value is -3.15. The summed E-state index contributed by atoms with van der Waals surface area (Å²) in [6.07, 6.45) is 6.43. The molecule has 4 aromatic rings. The van der Waals surface area contributed by atoms with Crippen LogP contribution >= 0.6 is 31.9 Å². The Morgan fingerprint density at radius 3 is 1.79 bits per heavy atom. The normalized spacial score (nSPS) is 19.3. The zero-order valence-corrected chi connectivity index (χ0v) is 32.9. The quantitative estimate of drug-likeness (QED) is 0.134. The summed E-state index contributed by atoms with van der Waals surface area (Å²) in [5.74, 6) is -0.154. The molecule has 4 nitrogen and oxygen atoms in total. The van der Waals surface area contributed by atoms with Crippen LogP contribution in [0.25, 0.3) is 0 Å². The topological polar surface area (TPSA) is 47.9 Å². The summed E-state index contributed by atoms with van der Waals surface area (Å²) in [5.41, 5.74) is 3.47. The van der Waals surface area contributed by atoms with Gasteiger partial charge in [0.2, 0.25) is 0 Å². The predicted octanol–water partition coefficient (Wildman–Crippen LogP) is 11.3. The summed E-state index contributed by atoms with van der Waals surface area (Å²) < 4.78 is 89.1. The molecule has 1 N–H and O–H groups in total. The molecule has 0 radical (unpaired) electrons. The highest BCUT2D eigenvalue weighted by Crippen LogP contribution is 2.40. The highest BCUT2D eigenvalue weighted by molar-refractivity contribution is 9.10. The molecule has 0 fully saturated rings. The lowest BCUT2D eigenvalue weighted by atomic mass is 9.87. The molecule has 0 aliphatic carbocycles. The van der Waals surface area contributed by atoms with Crippen molar-refractivity contribution in [2.45, 2.75) is 77.0 Å². The van der Waals surface area contributed by atoms with E-state index in [0.29, 0.717) is 59.6 Å². The van der Waals surface area contributed by atoms with E-state index >= 15 is 0 Å². The van der Waals surface area contributed by atoms with Gasteiger partial charge in [0.25, 0.3) is 0 Å². The monoisotopic (exact) mass is 864 g/mol. The Labute approximate surface area is 324 Å². The summed E-state index contributed by atoms with van der Waals surface area (Å²) in [4.78, 5) is 0. The maximum Gasteiger partial charge on any atom is 0.137 e. The van der Waals surface area contributed by atoms with Gasteiger partial charge in [0.05, 0.1) is 35.4 Å². The molecule has 11 heteroatoms. The van der Waals surface area contributed by atoms with Crippen molar-refractivity contribution in [2.24, 2.45) is 11.8 Å². The number of benzene rings is 4. The lowest BCUT2D eigenvalue weighted by molar-refractivity contribution is 0.211. The molecule has 4 aromatic carbocycles. The van der Waals surface area contributed by atoms with E-state index < -0.39 is 23.4 Å². The number of fused-ring (bicyclic) bond motifs is 3. The van der Waals surface area contributed by atoms with E-state index in [9.17, 15) is 27.1 Å². The van der Waals surface area contributed by atoms with Crippen LogP contribution in [0.5, 0.6) is 17.2 Å². The molecule has 0 bridgehead atoms. The van der Waals surface area contributed by atoms with Crippen LogP contribution in [0.4, 0.5) is 22.0 Å². The standard InChI is InChI=1S/C21H22BrF3O2.C21H21BrF2O2/c1-2-3-12-4-14-7-19(24)16(8-21(14)27-11-12)15(10-26)5-13-6-20(25)17(22)9-18(13)23;1-2-3-12-4-13-6-18(23)16(8-20(13)25-10-12)15-5-14-7-19(24)17(22)9-21(14)26-11-15/h6-9,12,15,26H,2-5,10-11H2,1H3;6-9,12,15H,2-5,10-11H2,1H3. The van der Waals surface area contributed by atoms with Crippen molar-refractivity contribution in [2.75, 3.05) is 26.4 Å². The van der Waals surface area contributed by atoms with Gasteiger partial charge in [-0.2, -0.15) is 0 Å². The Bertz CT molecular complexity index is 1940. The van der Waals surface area contributed by atoms with Gasteiger partial charge < -0.3 is 19.3 Å². The molecule has 7 rings (SSSR count). The molecule has 0 aromatic heterocycles. The van der Waals surface area contributed by atoms with E-state index in [1.165, 1.54) is 12.1 Å². The van der Waals surface area contributed by atoms with Crippen molar-refractivity contribution in [3.63, 3.8) is 0 Å². The summed E-state index contributed by atoms with van der Waals surface area (Å²) in [6.45, 7) is 5.53. The first kappa shape index (κ1) is 39.5. The molecule has 3 aliphatic heterocycles. The maximum absolute atomic E-state index is 14.8. The van der Waals surface area contributed by atoms with Gasteiger partial charge >= 0.3 is 0 Å². The van der Waals surface area contributed by atoms with Gasteiger partial charge in [-0.05, 0) is 164 Å². The third-order valence-corrected chi connectivity index (χ3v) is 11.6. The van der Waals surface area contributed by atoms with Crippen LogP contribution in [0.2, 0.25) is 0 Å². The van der Waals surface area contributed by atoms with Gasteiger partial charge in [-0.25, -0.2) is 22.0 Å². The second-order valence-electron chi connectivity index (χ2n) is 14.3. The van der Waals surface area contributed by atoms with Crippen LogP contribution in [0, 0.1) is 40.9 Å². The van der Waals surface area contributed by atoms with Gasteiger partial charge in [0.1, 0.15) is 46.3 Å². The molecule has 284 valence electrons. The summed E-state index contributed by atoms with van der Waals surface area (Å²) in [6, 6.07) is 11.7. The molecule has 4 unspecified atom stereocenters. The molecule has 3 heterocycles. The van der Waals surface area contributed by atoms with Crippen molar-refractivity contribution in [1.29, 1.82) is 0 Å². The van der Waals surface area contributed by atoms with Crippen molar-refractivity contribution in [1.82, 2.24) is 0 Å². The summed E-state index contributed by atoms with van der Waals surface area (Å²) in [5, 5.41) is 9.76. The van der Waals surface area contributed by atoms with Crippen LogP contribution in [0.1, 0.15) is 84.7 Å². The first-order valence-electron chi connectivity index (χ1n) is 18.2. The fourth-order valence-electron chi connectivity index (χ4n) is 7.61. The molecule has 0 saturated carbocycles. The highest BCUT2D eigenvalue weighted by Gasteiger charge is 2.29. The Morgan fingerprint density at radius 1 is 0.623 bits per heavy atom. The number of aliphatic hydroxyl groups excluding tert-OH is 1.